The molecule has 4 atom stereocenters. The molecule has 0 unspecified atom stereocenters. The molecule has 3 aliphatic heterocycles. The minimum absolute atomic E-state index is 0.0650. The van der Waals surface area contributed by atoms with Gasteiger partial charge in [-0.3, -0.25) is 0 Å². The van der Waals surface area contributed by atoms with Crippen LogP contribution in [0.4, 0.5) is 0 Å². The SMILES string of the molecule is Clc1ccc([C@H]2COC(CC3=N[C@@H](c4ccc(Cl)c(Cl)c4)CO3)=N2)cc1Cl.N#CBr.NC1=N[C@@H](c2ccc(Cl)c(Cl)c2)CO1.N[C@H](CO)c1ccc(Cl)c(Cl)c1. The van der Waals surface area contributed by atoms with Crippen molar-refractivity contribution in [2.75, 3.05) is 26.4 Å². The number of rotatable bonds is 7. The summed E-state index contributed by atoms with van der Waals surface area (Å²) in [5, 5.41) is 20.0. The maximum atomic E-state index is 8.75. The first-order valence-corrected chi connectivity index (χ1v) is 20.1. The highest BCUT2D eigenvalue weighted by Crippen LogP contribution is 2.33. The zero-order valence-corrected chi connectivity index (χ0v) is 36.4. The fourth-order valence-corrected chi connectivity index (χ4v) is 6.31. The molecule has 4 aromatic rings. The molecule has 0 aromatic heterocycles. The Morgan fingerprint density at radius 2 is 0.982 bits per heavy atom. The second-order valence-corrected chi connectivity index (χ2v) is 15.4. The van der Waals surface area contributed by atoms with E-state index in [0.29, 0.717) is 78.2 Å². The van der Waals surface area contributed by atoms with Crippen LogP contribution in [0.15, 0.2) is 87.8 Å². The molecule has 56 heavy (non-hydrogen) atoms. The monoisotopic (exact) mass is 982 g/mol. The molecular weight excluding hydrogens is 956 g/mol. The maximum absolute atomic E-state index is 8.75. The standard InChI is InChI=1S/C19H14Cl4N2O2.C9H8Cl2N2O.C8H9Cl2NO.CBrN/c20-12-3-1-10(5-14(12)22)16-8-26-18(24-16)7-19-25-17(9-27-19)11-2-4-13(21)15(23)6-11;10-6-2-1-5(3-7(6)11)8-4-14-9(12)13-8;9-6-2-1-5(3-7(6)10)8(11)4-12;2-1-3/h1-6,16-17H,7-9H2;1-3,8H,4H2,(H2,12,13);1-3,8,12H,4,11H2;/t16-,17-;2*8-;/m111./s1. The largest absolute Gasteiger partial charge is 0.478 e. The summed E-state index contributed by atoms with van der Waals surface area (Å²) in [5.41, 5.74) is 14.6. The van der Waals surface area contributed by atoms with E-state index in [9.17, 15) is 0 Å². The first-order chi connectivity index (χ1) is 26.7. The van der Waals surface area contributed by atoms with E-state index in [-0.39, 0.29) is 36.8 Å². The van der Waals surface area contributed by atoms with Gasteiger partial charge in [0.1, 0.15) is 42.9 Å². The van der Waals surface area contributed by atoms with Gasteiger partial charge in [-0.05, 0) is 70.8 Å². The molecule has 3 heterocycles. The molecule has 7 rings (SSSR count). The van der Waals surface area contributed by atoms with Crippen molar-refractivity contribution in [3.8, 4) is 4.98 Å². The lowest BCUT2D eigenvalue weighted by Gasteiger charge is -2.08. The van der Waals surface area contributed by atoms with Gasteiger partial charge >= 0.3 is 0 Å². The molecular formula is C37H31BrCl8N6O4. The van der Waals surface area contributed by atoms with E-state index in [1.54, 1.807) is 47.4 Å². The van der Waals surface area contributed by atoms with Gasteiger partial charge < -0.3 is 30.8 Å². The van der Waals surface area contributed by atoms with Crippen LogP contribution in [0, 0.1) is 10.2 Å². The van der Waals surface area contributed by atoms with Gasteiger partial charge in [0, 0.05) is 15.9 Å². The Labute approximate surface area is 372 Å². The van der Waals surface area contributed by atoms with Gasteiger partial charge in [-0.15, -0.1) is 0 Å². The van der Waals surface area contributed by atoms with Crippen LogP contribution in [-0.4, -0.2) is 49.4 Å². The van der Waals surface area contributed by atoms with E-state index >= 15 is 0 Å². The molecule has 0 saturated carbocycles. The van der Waals surface area contributed by atoms with Crippen LogP contribution >= 0.6 is 109 Å². The zero-order valence-electron chi connectivity index (χ0n) is 28.8. The van der Waals surface area contributed by atoms with Crippen LogP contribution in [0.25, 0.3) is 0 Å². The molecule has 3 aliphatic rings. The molecule has 0 saturated heterocycles. The molecule has 10 nitrogen and oxygen atoms in total. The van der Waals surface area contributed by atoms with Crippen LogP contribution in [0.1, 0.15) is 52.8 Å². The summed E-state index contributed by atoms with van der Waals surface area (Å²) < 4.78 is 16.4. The van der Waals surface area contributed by atoms with Crippen LogP contribution in [-0.2, 0) is 14.2 Å². The van der Waals surface area contributed by atoms with E-state index in [4.69, 9.17) is 129 Å². The van der Waals surface area contributed by atoms with Crippen LogP contribution in [0.3, 0.4) is 0 Å². The summed E-state index contributed by atoms with van der Waals surface area (Å²) >= 11 is 49.7. The summed E-state index contributed by atoms with van der Waals surface area (Å²) in [6.45, 7) is 1.27. The first-order valence-electron chi connectivity index (χ1n) is 16.2. The summed E-state index contributed by atoms with van der Waals surface area (Å²) in [5.74, 6) is 1.19. The van der Waals surface area contributed by atoms with E-state index < -0.39 is 0 Å². The molecule has 0 aliphatic carbocycles. The number of hydrogen-bond donors (Lipinski definition) is 3. The molecule has 0 amide bonds. The third-order valence-electron chi connectivity index (χ3n) is 7.94. The number of nitriles is 1. The number of aliphatic hydroxyl groups is 1. The van der Waals surface area contributed by atoms with Gasteiger partial charge in [-0.25, -0.2) is 15.0 Å². The molecule has 5 N–H and O–H groups in total. The summed E-state index contributed by atoms with van der Waals surface area (Å²) in [4.78, 5) is 14.9. The fraction of sp³-hybridized carbons (Fsp3) is 0.243. The Hall–Kier alpha value is -2.70. The van der Waals surface area contributed by atoms with Gasteiger partial charge in [0.25, 0.3) is 6.02 Å². The second kappa shape index (κ2) is 22.4. The number of halogens is 9. The number of nitrogens with zero attached hydrogens (tertiary/aromatic N) is 4. The maximum Gasteiger partial charge on any atom is 0.282 e. The number of nitrogens with two attached hydrogens (primary N) is 2. The molecule has 0 fully saturated rings. The van der Waals surface area contributed by atoms with Crippen molar-refractivity contribution in [1.82, 2.24) is 0 Å². The van der Waals surface area contributed by atoms with Crippen molar-refractivity contribution >= 4 is 127 Å². The molecule has 0 spiro atoms. The van der Waals surface area contributed by atoms with Crippen molar-refractivity contribution in [2.45, 2.75) is 30.6 Å². The Kier molecular flexibility index (Phi) is 18.4. The van der Waals surface area contributed by atoms with E-state index in [1.807, 2.05) is 30.3 Å². The van der Waals surface area contributed by atoms with Gasteiger partial charge in [0.15, 0.2) is 11.8 Å². The van der Waals surface area contributed by atoms with Crippen molar-refractivity contribution in [3.05, 3.63) is 135 Å². The third kappa shape index (κ3) is 13.4. The highest BCUT2D eigenvalue weighted by atomic mass is 79.9. The predicted molar refractivity (Wildman–Crippen MR) is 232 cm³/mol. The van der Waals surface area contributed by atoms with Crippen LogP contribution in [0.5, 0.6) is 0 Å². The lowest BCUT2D eigenvalue weighted by atomic mass is 10.1. The van der Waals surface area contributed by atoms with E-state index in [1.165, 1.54) is 0 Å². The number of amidine groups is 1. The Balaban J connectivity index is 0.000000201. The highest BCUT2D eigenvalue weighted by molar-refractivity contribution is 9.12. The fourth-order valence-electron chi connectivity index (χ4n) is 5.08. The van der Waals surface area contributed by atoms with Gasteiger partial charge in [0.05, 0.1) is 59.3 Å². The van der Waals surface area contributed by atoms with Crippen molar-refractivity contribution in [3.63, 3.8) is 0 Å². The lowest BCUT2D eigenvalue weighted by Crippen LogP contribution is -2.14. The summed E-state index contributed by atoms with van der Waals surface area (Å²) in [7, 11) is 0. The van der Waals surface area contributed by atoms with Crippen LogP contribution in [0.2, 0.25) is 40.2 Å². The topological polar surface area (TPSA) is 161 Å². The van der Waals surface area contributed by atoms with Gasteiger partial charge in [-0.1, -0.05) is 117 Å². The lowest BCUT2D eigenvalue weighted by molar-refractivity contribution is 0.268. The Morgan fingerprint density at radius 3 is 1.32 bits per heavy atom. The third-order valence-corrected chi connectivity index (χ3v) is 10.9. The van der Waals surface area contributed by atoms with Gasteiger partial charge in [0.2, 0.25) is 0 Å². The van der Waals surface area contributed by atoms with Crippen molar-refractivity contribution in [1.29, 1.82) is 5.26 Å². The molecule has 296 valence electrons. The minimum Gasteiger partial charge on any atom is -0.478 e. The quantitative estimate of drug-likeness (QED) is 0.166. The summed E-state index contributed by atoms with van der Waals surface area (Å²) in [6, 6.07) is 21.0. The number of hydrogen-bond acceptors (Lipinski definition) is 10. The highest BCUT2D eigenvalue weighted by Gasteiger charge is 2.27. The predicted octanol–water partition coefficient (Wildman–Crippen LogP) is 11.6. The molecule has 19 heteroatoms. The summed E-state index contributed by atoms with van der Waals surface area (Å²) in [6.07, 6.45) is 0.412. The zero-order chi connectivity index (χ0) is 40.9. The Bertz CT molecular complexity index is 2060. The van der Waals surface area contributed by atoms with E-state index in [0.717, 1.165) is 22.3 Å². The number of aliphatic imine (C=N–C) groups is 3. The average Bonchev–Trinajstić information content (AvgIpc) is 3.96. The average molecular weight is 987 g/mol. The minimum atomic E-state index is -0.389. The van der Waals surface area contributed by atoms with Crippen LogP contribution < -0.4 is 11.5 Å². The number of aliphatic hydroxyl groups excluding tert-OH is 1. The first kappa shape index (κ1) is 46.0. The normalized spacial score (nSPS) is 18.4. The smallest absolute Gasteiger partial charge is 0.282 e. The Morgan fingerprint density at radius 1 is 0.625 bits per heavy atom. The number of ether oxygens (including phenoxy) is 3. The van der Waals surface area contributed by atoms with Crippen molar-refractivity contribution in [2.24, 2.45) is 26.4 Å². The molecule has 0 radical (unpaired) electrons. The molecule has 4 aromatic carbocycles. The second-order valence-electron chi connectivity index (χ2n) is 11.7. The molecule has 0 bridgehead atoms. The number of benzene rings is 4. The van der Waals surface area contributed by atoms with Crippen molar-refractivity contribution < 1.29 is 19.3 Å². The van der Waals surface area contributed by atoms with Gasteiger partial charge in [-0.2, -0.15) is 5.26 Å². The van der Waals surface area contributed by atoms with E-state index in [2.05, 4.69) is 30.9 Å².